The highest BCUT2D eigenvalue weighted by atomic mass is 16.5. The quantitative estimate of drug-likeness (QED) is 0.833. The van der Waals surface area contributed by atoms with E-state index in [-0.39, 0.29) is 0 Å². The van der Waals surface area contributed by atoms with Crippen LogP contribution in [0.4, 0.5) is 5.69 Å². The maximum Gasteiger partial charge on any atom is 0.119 e. The molecular weight excluding hydrogens is 238 g/mol. The van der Waals surface area contributed by atoms with Crippen molar-refractivity contribution in [3.63, 3.8) is 0 Å². The summed E-state index contributed by atoms with van der Waals surface area (Å²) in [5.41, 5.74) is 2.29. The maximum atomic E-state index is 9.20. The van der Waals surface area contributed by atoms with E-state index in [4.69, 9.17) is 4.74 Å². The topological polar surface area (TPSA) is 41.5 Å². The average Bonchev–Trinajstić information content (AvgIpc) is 2.43. The van der Waals surface area contributed by atoms with Crippen LogP contribution in [-0.4, -0.2) is 18.3 Å². The highest BCUT2D eigenvalue weighted by Crippen LogP contribution is 2.16. The second-order valence-corrected chi connectivity index (χ2v) is 4.30. The van der Waals surface area contributed by atoms with Gasteiger partial charge in [-0.25, -0.2) is 0 Å². The van der Waals surface area contributed by atoms with E-state index in [0.717, 1.165) is 24.4 Å². The van der Waals surface area contributed by atoms with Crippen LogP contribution in [0.25, 0.3) is 0 Å². The first-order valence-electron chi connectivity index (χ1n) is 6.52. The van der Waals surface area contributed by atoms with Crippen LogP contribution in [0.1, 0.15) is 12.5 Å². The van der Waals surface area contributed by atoms with Gasteiger partial charge in [0.25, 0.3) is 0 Å². The van der Waals surface area contributed by atoms with E-state index in [2.05, 4.69) is 5.32 Å². The summed E-state index contributed by atoms with van der Waals surface area (Å²) in [4.78, 5) is 0. The number of hydrogen-bond donors (Lipinski definition) is 2. The molecule has 0 fully saturated rings. The molecule has 0 aliphatic rings. The van der Waals surface area contributed by atoms with E-state index in [1.807, 2.05) is 43.3 Å². The number of nitrogens with one attached hydrogen (secondary N) is 1. The number of phenols is 1. The number of hydrogen-bond acceptors (Lipinski definition) is 3. The number of rotatable bonds is 6. The Balaban J connectivity index is 1.80. The van der Waals surface area contributed by atoms with Gasteiger partial charge in [0, 0.05) is 12.2 Å². The van der Waals surface area contributed by atoms with Crippen molar-refractivity contribution in [2.75, 3.05) is 18.5 Å². The molecule has 2 aromatic rings. The van der Waals surface area contributed by atoms with Gasteiger partial charge in [0.05, 0.1) is 6.61 Å². The van der Waals surface area contributed by atoms with Crippen molar-refractivity contribution in [1.29, 1.82) is 0 Å². The summed E-state index contributed by atoms with van der Waals surface area (Å²) in [6.07, 6.45) is 0.924. The SMILES string of the molecule is CCOc1ccc(NCCc2ccc(O)cc2)cc1. The van der Waals surface area contributed by atoms with E-state index in [1.54, 1.807) is 12.1 Å². The minimum absolute atomic E-state index is 0.309. The minimum atomic E-state index is 0.309. The average molecular weight is 257 g/mol. The van der Waals surface area contributed by atoms with Gasteiger partial charge in [-0.1, -0.05) is 12.1 Å². The first-order valence-corrected chi connectivity index (χ1v) is 6.52. The van der Waals surface area contributed by atoms with Gasteiger partial charge < -0.3 is 15.2 Å². The van der Waals surface area contributed by atoms with Crippen molar-refractivity contribution in [1.82, 2.24) is 0 Å². The van der Waals surface area contributed by atoms with E-state index < -0.39 is 0 Å². The Bertz CT molecular complexity index is 491. The van der Waals surface area contributed by atoms with Crippen molar-refractivity contribution in [3.8, 4) is 11.5 Å². The summed E-state index contributed by atoms with van der Waals surface area (Å²) in [6, 6.07) is 15.3. The highest BCUT2D eigenvalue weighted by Gasteiger charge is 1.96. The number of aromatic hydroxyl groups is 1. The fourth-order valence-corrected chi connectivity index (χ4v) is 1.85. The summed E-state index contributed by atoms with van der Waals surface area (Å²) in [6.45, 7) is 3.52. The largest absolute Gasteiger partial charge is 0.508 e. The van der Waals surface area contributed by atoms with E-state index >= 15 is 0 Å². The molecule has 3 nitrogen and oxygen atoms in total. The van der Waals surface area contributed by atoms with Crippen LogP contribution in [0.2, 0.25) is 0 Å². The van der Waals surface area contributed by atoms with Gasteiger partial charge in [0.15, 0.2) is 0 Å². The summed E-state index contributed by atoms with van der Waals surface area (Å²) < 4.78 is 5.39. The van der Waals surface area contributed by atoms with Gasteiger partial charge in [-0.05, 0) is 55.3 Å². The van der Waals surface area contributed by atoms with Gasteiger partial charge in [0.2, 0.25) is 0 Å². The molecule has 0 saturated carbocycles. The molecule has 0 saturated heterocycles. The summed E-state index contributed by atoms with van der Waals surface area (Å²) in [5.74, 6) is 1.20. The lowest BCUT2D eigenvalue weighted by molar-refractivity contribution is 0.340. The fraction of sp³-hybridized carbons (Fsp3) is 0.250. The Morgan fingerprint density at radius 3 is 2.32 bits per heavy atom. The van der Waals surface area contributed by atoms with Gasteiger partial charge in [-0.15, -0.1) is 0 Å². The van der Waals surface area contributed by atoms with Crippen LogP contribution in [0, 0.1) is 0 Å². The zero-order valence-corrected chi connectivity index (χ0v) is 11.1. The molecule has 0 radical (unpaired) electrons. The molecule has 2 aromatic carbocycles. The fourth-order valence-electron chi connectivity index (χ4n) is 1.85. The third kappa shape index (κ3) is 4.21. The van der Waals surface area contributed by atoms with E-state index in [1.165, 1.54) is 5.56 Å². The molecule has 0 amide bonds. The third-order valence-corrected chi connectivity index (χ3v) is 2.84. The van der Waals surface area contributed by atoms with Gasteiger partial charge in [-0.3, -0.25) is 0 Å². The van der Waals surface area contributed by atoms with Crippen molar-refractivity contribution >= 4 is 5.69 Å². The van der Waals surface area contributed by atoms with Crippen LogP contribution in [0.3, 0.4) is 0 Å². The zero-order valence-electron chi connectivity index (χ0n) is 11.1. The zero-order chi connectivity index (χ0) is 13.5. The maximum absolute atomic E-state index is 9.20. The molecule has 100 valence electrons. The standard InChI is InChI=1S/C16H19NO2/c1-2-19-16-9-5-14(6-10-16)17-12-11-13-3-7-15(18)8-4-13/h3-10,17-18H,2,11-12H2,1H3. The van der Waals surface area contributed by atoms with Crippen LogP contribution in [-0.2, 0) is 6.42 Å². The van der Waals surface area contributed by atoms with Gasteiger partial charge >= 0.3 is 0 Å². The monoisotopic (exact) mass is 257 g/mol. The van der Waals surface area contributed by atoms with Gasteiger partial charge in [-0.2, -0.15) is 0 Å². The number of ether oxygens (including phenoxy) is 1. The molecule has 0 aromatic heterocycles. The molecule has 0 spiro atoms. The number of anilines is 1. The second-order valence-electron chi connectivity index (χ2n) is 4.30. The van der Waals surface area contributed by atoms with Crippen LogP contribution in [0.5, 0.6) is 11.5 Å². The van der Waals surface area contributed by atoms with Crippen molar-refractivity contribution in [2.45, 2.75) is 13.3 Å². The van der Waals surface area contributed by atoms with Crippen LogP contribution >= 0.6 is 0 Å². The van der Waals surface area contributed by atoms with Crippen LogP contribution < -0.4 is 10.1 Å². The second kappa shape index (κ2) is 6.69. The Kier molecular flexibility index (Phi) is 4.67. The van der Waals surface area contributed by atoms with Crippen molar-refractivity contribution in [3.05, 3.63) is 54.1 Å². The first kappa shape index (κ1) is 13.3. The minimum Gasteiger partial charge on any atom is -0.508 e. The molecule has 3 heteroatoms. The summed E-state index contributed by atoms with van der Waals surface area (Å²) in [5, 5.41) is 12.6. The smallest absolute Gasteiger partial charge is 0.119 e. The first-order chi connectivity index (χ1) is 9.28. The predicted octanol–water partition coefficient (Wildman–Crippen LogP) is 3.45. The molecule has 0 bridgehead atoms. The third-order valence-electron chi connectivity index (χ3n) is 2.84. The molecule has 0 heterocycles. The number of phenolic OH excluding ortho intramolecular Hbond substituents is 1. The lowest BCUT2D eigenvalue weighted by atomic mass is 10.1. The molecule has 2 rings (SSSR count). The predicted molar refractivity (Wildman–Crippen MR) is 77.9 cm³/mol. The lowest BCUT2D eigenvalue weighted by Crippen LogP contribution is -2.04. The van der Waals surface area contributed by atoms with Crippen molar-refractivity contribution < 1.29 is 9.84 Å². The molecule has 19 heavy (non-hydrogen) atoms. The van der Waals surface area contributed by atoms with Crippen LogP contribution in [0.15, 0.2) is 48.5 Å². The molecule has 0 aliphatic carbocycles. The molecular formula is C16H19NO2. The molecule has 0 unspecified atom stereocenters. The van der Waals surface area contributed by atoms with E-state index in [0.29, 0.717) is 12.4 Å². The summed E-state index contributed by atoms with van der Waals surface area (Å²) >= 11 is 0. The normalized spacial score (nSPS) is 10.2. The Morgan fingerprint density at radius 1 is 1.00 bits per heavy atom. The van der Waals surface area contributed by atoms with Crippen molar-refractivity contribution in [2.24, 2.45) is 0 Å². The summed E-state index contributed by atoms with van der Waals surface area (Å²) in [7, 11) is 0. The number of benzene rings is 2. The Labute approximate surface area is 113 Å². The molecule has 2 N–H and O–H groups in total. The molecule has 0 aliphatic heterocycles. The van der Waals surface area contributed by atoms with E-state index in [9.17, 15) is 5.11 Å². The highest BCUT2D eigenvalue weighted by molar-refractivity contribution is 5.46. The lowest BCUT2D eigenvalue weighted by Gasteiger charge is -2.08. The molecule has 0 atom stereocenters. The Morgan fingerprint density at radius 2 is 1.68 bits per heavy atom. The van der Waals surface area contributed by atoms with Gasteiger partial charge in [0.1, 0.15) is 11.5 Å². The Hall–Kier alpha value is -2.16.